The van der Waals surface area contributed by atoms with E-state index in [4.69, 9.17) is 4.74 Å². The van der Waals surface area contributed by atoms with Gasteiger partial charge < -0.3 is 9.84 Å². The fraction of sp³-hybridized carbons (Fsp3) is 0.214. The van der Waals surface area contributed by atoms with E-state index in [1.165, 1.54) is 11.0 Å². The van der Waals surface area contributed by atoms with Gasteiger partial charge in [0, 0.05) is 0 Å². The fourth-order valence-electron chi connectivity index (χ4n) is 1.60. The number of carbonyl (C=O) groups excluding carboxylic acids is 1. The zero-order valence-corrected chi connectivity index (χ0v) is 11.1. The SMILES string of the molecule is C=C(C(=O)OCC)C(O)c1cnn(-c2ccccc2)n1. The second-order valence-electron chi connectivity index (χ2n) is 4.04. The van der Waals surface area contributed by atoms with Crippen LogP contribution in [-0.4, -0.2) is 32.7 Å². The minimum atomic E-state index is -1.23. The standard InChI is InChI=1S/C14H15N3O3/c1-3-20-14(19)10(2)13(18)12-9-15-17(16-12)11-7-5-4-6-8-11/h4-9,13,18H,2-3H2,1H3. The van der Waals surface area contributed by atoms with Gasteiger partial charge in [-0.2, -0.15) is 15.0 Å². The van der Waals surface area contributed by atoms with Gasteiger partial charge in [0.15, 0.2) is 0 Å². The molecule has 0 saturated heterocycles. The van der Waals surface area contributed by atoms with Gasteiger partial charge in [-0.1, -0.05) is 24.8 Å². The zero-order valence-electron chi connectivity index (χ0n) is 11.1. The van der Waals surface area contributed by atoms with E-state index < -0.39 is 12.1 Å². The van der Waals surface area contributed by atoms with E-state index in [0.717, 1.165) is 5.69 Å². The van der Waals surface area contributed by atoms with Crippen molar-refractivity contribution in [1.29, 1.82) is 0 Å². The number of aromatic nitrogens is 3. The Kier molecular flexibility index (Phi) is 4.27. The smallest absolute Gasteiger partial charge is 0.336 e. The Morgan fingerprint density at radius 3 is 2.80 bits per heavy atom. The lowest BCUT2D eigenvalue weighted by Crippen LogP contribution is -2.14. The Labute approximate surface area is 116 Å². The van der Waals surface area contributed by atoms with Crippen LogP contribution in [0.5, 0.6) is 0 Å². The number of hydrogen-bond acceptors (Lipinski definition) is 5. The van der Waals surface area contributed by atoms with Crippen molar-refractivity contribution in [2.45, 2.75) is 13.0 Å². The summed E-state index contributed by atoms with van der Waals surface area (Å²) in [5, 5.41) is 18.2. The average Bonchev–Trinajstić information content (AvgIpc) is 2.96. The van der Waals surface area contributed by atoms with Crippen LogP contribution in [0.4, 0.5) is 0 Å². The van der Waals surface area contributed by atoms with Crippen LogP contribution < -0.4 is 0 Å². The first-order chi connectivity index (χ1) is 9.63. The average molecular weight is 273 g/mol. The fourth-order valence-corrected chi connectivity index (χ4v) is 1.60. The molecule has 0 saturated carbocycles. The Balaban J connectivity index is 2.16. The third kappa shape index (κ3) is 2.92. The summed E-state index contributed by atoms with van der Waals surface area (Å²) in [5.74, 6) is -0.644. The van der Waals surface area contributed by atoms with Gasteiger partial charge in [-0.3, -0.25) is 0 Å². The van der Waals surface area contributed by atoms with E-state index in [0.29, 0.717) is 0 Å². The Hall–Kier alpha value is -2.47. The van der Waals surface area contributed by atoms with Crippen molar-refractivity contribution in [2.75, 3.05) is 6.61 Å². The molecule has 0 amide bonds. The van der Waals surface area contributed by atoms with Crippen molar-refractivity contribution >= 4 is 5.97 Å². The van der Waals surface area contributed by atoms with E-state index in [2.05, 4.69) is 16.8 Å². The first-order valence-electron chi connectivity index (χ1n) is 6.15. The van der Waals surface area contributed by atoms with Crippen LogP contribution in [0.1, 0.15) is 18.7 Å². The van der Waals surface area contributed by atoms with E-state index >= 15 is 0 Å². The first-order valence-corrected chi connectivity index (χ1v) is 6.15. The van der Waals surface area contributed by atoms with Crippen molar-refractivity contribution in [3.05, 3.63) is 54.4 Å². The molecule has 1 N–H and O–H groups in total. The summed E-state index contributed by atoms with van der Waals surface area (Å²) in [4.78, 5) is 12.9. The molecule has 1 atom stereocenters. The van der Waals surface area contributed by atoms with Crippen LogP contribution in [-0.2, 0) is 9.53 Å². The first kappa shape index (κ1) is 14.0. The lowest BCUT2D eigenvalue weighted by atomic mass is 10.1. The summed E-state index contributed by atoms with van der Waals surface area (Å²) < 4.78 is 4.78. The molecule has 6 heteroatoms. The molecule has 0 bridgehead atoms. The summed E-state index contributed by atoms with van der Waals surface area (Å²) >= 11 is 0. The molecule has 0 aliphatic rings. The number of rotatable bonds is 5. The van der Waals surface area contributed by atoms with E-state index in [-0.39, 0.29) is 17.9 Å². The predicted octanol–water partition coefficient (Wildman–Crippen LogP) is 1.42. The van der Waals surface area contributed by atoms with E-state index in [1.807, 2.05) is 30.3 Å². The lowest BCUT2D eigenvalue weighted by Gasteiger charge is -2.09. The maximum Gasteiger partial charge on any atom is 0.336 e. The quantitative estimate of drug-likeness (QED) is 0.658. The number of carbonyl (C=O) groups is 1. The number of benzene rings is 1. The molecule has 104 valence electrons. The largest absolute Gasteiger partial charge is 0.463 e. The van der Waals surface area contributed by atoms with Crippen molar-refractivity contribution < 1.29 is 14.6 Å². The number of aliphatic hydroxyl groups is 1. The third-order valence-corrected chi connectivity index (χ3v) is 2.64. The highest BCUT2D eigenvalue weighted by molar-refractivity contribution is 5.88. The molecule has 2 aromatic rings. The second kappa shape index (κ2) is 6.12. The summed E-state index contributed by atoms with van der Waals surface area (Å²) in [6.07, 6.45) is 0.161. The van der Waals surface area contributed by atoms with E-state index in [1.54, 1.807) is 6.92 Å². The molecule has 1 heterocycles. The third-order valence-electron chi connectivity index (χ3n) is 2.64. The van der Waals surface area contributed by atoms with Crippen LogP contribution in [0.15, 0.2) is 48.7 Å². The molecule has 1 unspecified atom stereocenters. The van der Waals surface area contributed by atoms with Crippen LogP contribution in [0.2, 0.25) is 0 Å². The maximum atomic E-state index is 11.5. The van der Waals surface area contributed by atoms with Crippen molar-refractivity contribution in [1.82, 2.24) is 15.0 Å². The Morgan fingerprint density at radius 1 is 1.45 bits per heavy atom. The molecule has 0 fully saturated rings. The number of para-hydroxylation sites is 1. The summed E-state index contributed by atoms with van der Waals surface area (Å²) in [7, 11) is 0. The highest BCUT2D eigenvalue weighted by Crippen LogP contribution is 2.19. The van der Waals surface area contributed by atoms with Crippen molar-refractivity contribution in [3.63, 3.8) is 0 Å². The molecule has 20 heavy (non-hydrogen) atoms. The molecular formula is C14H15N3O3. The highest BCUT2D eigenvalue weighted by atomic mass is 16.5. The monoisotopic (exact) mass is 273 g/mol. The second-order valence-corrected chi connectivity index (χ2v) is 4.04. The number of aliphatic hydroxyl groups excluding tert-OH is 1. The number of ether oxygens (including phenoxy) is 1. The van der Waals surface area contributed by atoms with Gasteiger partial charge in [-0.15, -0.1) is 0 Å². The Bertz CT molecular complexity index is 607. The van der Waals surface area contributed by atoms with Gasteiger partial charge in [0.1, 0.15) is 11.8 Å². The van der Waals surface area contributed by atoms with Crippen molar-refractivity contribution in [3.8, 4) is 5.69 Å². The Morgan fingerprint density at radius 2 is 2.15 bits per heavy atom. The predicted molar refractivity (Wildman–Crippen MR) is 72.1 cm³/mol. The van der Waals surface area contributed by atoms with Gasteiger partial charge >= 0.3 is 5.97 Å². The molecule has 6 nitrogen and oxygen atoms in total. The molecular weight excluding hydrogens is 258 g/mol. The van der Waals surface area contributed by atoms with Crippen molar-refractivity contribution in [2.24, 2.45) is 0 Å². The van der Waals surface area contributed by atoms with Crippen LogP contribution >= 0.6 is 0 Å². The van der Waals surface area contributed by atoms with Crippen LogP contribution in [0.3, 0.4) is 0 Å². The number of nitrogens with zero attached hydrogens (tertiary/aromatic N) is 3. The summed E-state index contributed by atoms with van der Waals surface area (Å²) in [6.45, 7) is 5.44. The zero-order chi connectivity index (χ0) is 14.5. The van der Waals surface area contributed by atoms with Gasteiger partial charge in [0.25, 0.3) is 0 Å². The number of esters is 1. The van der Waals surface area contributed by atoms with E-state index in [9.17, 15) is 9.90 Å². The molecule has 0 radical (unpaired) electrons. The molecule has 2 rings (SSSR count). The highest BCUT2D eigenvalue weighted by Gasteiger charge is 2.22. The minimum Gasteiger partial charge on any atom is -0.463 e. The van der Waals surface area contributed by atoms with Gasteiger partial charge in [-0.05, 0) is 19.1 Å². The maximum absolute atomic E-state index is 11.5. The number of hydrogen-bond donors (Lipinski definition) is 1. The van der Waals surface area contributed by atoms with Gasteiger partial charge in [0.2, 0.25) is 0 Å². The van der Waals surface area contributed by atoms with Gasteiger partial charge in [-0.25, -0.2) is 4.79 Å². The summed E-state index contributed by atoms with van der Waals surface area (Å²) in [5.41, 5.74) is 0.937. The molecule has 0 spiro atoms. The lowest BCUT2D eigenvalue weighted by molar-refractivity contribution is -0.139. The van der Waals surface area contributed by atoms with Crippen LogP contribution in [0, 0.1) is 0 Å². The topological polar surface area (TPSA) is 77.2 Å². The summed E-state index contributed by atoms with van der Waals surface area (Å²) in [6, 6.07) is 9.25. The molecule has 0 aliphatic heterocycles. The minimum absolute atomic E-state index is 0.0630. The van der Waals surface area contributed by atoms with Gasteiger partial charge in [0.05, 0.1) is 24.1 Å². The molecule has 0 aliphatic carbocycles. The normalized spacial score (nSPS) is 11.9. The molecule has 1 aromatic carbocycles. The van der Waals surface area contributed by atoms with Crippen LogP contribution in [0.25, 0.3) is 5.69 Å². The molecule has 1 aromatic heterocycles.